The molecule has 3 rings (SSSR count). The Morgan fingerprint density at radius 1 is 1.38 bits per heavy atom. The summed E-state index contributed by atoms with van der Waals surface area (Å²) in [7, 11) is 0. The summed E-state index contributed by atoms with van der Waals surface area (Å²) in [6.07, 6.45) is 0.249. The highest BCUT2D eigenvalue weighted by molar-refractivity contribution is 8.03. The van der Waals surface area contributed by atoms with Crippen molar-refractivity contribution in [2.75, 3.05) is 12.3 Å². The van der Waals surface area contributed by atoms with E-state index in [4.69, 9.17) is 5.73 Å². The van der Waals surface area contributed by atoms with Crippen molar-refractivity contribution in [1.82, 2.24) is 10.2 Å². The Labute approximate surface area is 194 Å². The number of nitrogens with zero attached hydrogens (tertiary/aromatic N) is 1. The molecule has 2 aliphatic rings. The minimum absolute atomic E-state index is 0. The molecule has 0 radical (unpaired) electrons. The molecule has 1 saturated heterocycles. The number of ether oxygens (including phenoxy) is 1. The molecule has 1 aromatic rings. The number of hydrogen-bond acceptors (Lipinski definition) is 6. The molecule has 0 aliphatic carbocycles. The largest absolute Gasteiger partial charge is 0.573 e. The highest BCUT2D eigenvalue weighted by atomic mass is 35.5. The summed E-state index contributed by atoms with van der Waals surface area (Å²) in [6, 6.07) is 4.23. The van der Waals surface area contributed by atoms with E-state index in [0.29, 0.717) is 28.3 Å². The average Bonchev–Trinajstić information content (AvgIpc) is 2.69. The third-order valence-corrected chi connectivity index (χ3v) is 6.04. The number of unbranched alkanes of at least 4 members (excludes halogenated alkanes) is 1. The third kappa shape index (κ3) is 6.66. The van der Waals surface area contributed by atoms with E-state index in [2.05, 4.69) is 10.1 Å². The van der Waals surface area contributed by atoms with Crippen LogP contribution in [0, 0.1) is 0 Å². The van der Waals surface area contributed by atoms with E-state index >= 15 is 0 Å². The zero-order valence-electron chi connectivity index (χ0n) is 17.4. The number of alkyl halides is 3. The molecule has 1 aromatic carbocycles. The van der Waals surface area contributed by atoms with Crippen LogP contribution in [0.25, 0.3) is 0 Å². The van der Waals surface area contributed by atoms with Gasteiger partial charge in [0.15, 0.2) is 5.78 Å². The van der Waals surface area contributed by atoms with E-state index in [1.807, 2.05) is 6.92 Å². The Bertz CT molecular complexity index is 908. The van der Waals surface area contributed by atoms with Gasteiger partial charge in [-0.3, -0.25) is 9.59 Å². The van der Waals surface area contributed by atoms with Crippen molar-refractivity contribution < 1.29 is 27.5 Å². The van der Waals surface area contributed by atoms with E-state index in [-0.39, 0.29) is 36.4 Å². The van der Waals surface area contributed by atoms with Gasteiger partial charge in [0.25, 0.3) is 5.91 Å². The Balaban J connectivity index is 0.00000363. The van der Waals surface area contributed by atoms with Crippen molar-refractivity contribution in [3.63, 3.8) is 0 Å². The summed E-state index contributed by atoms with van der Waals surface area (Å²) in [4.78, 5) is 27.7. The zero-order chi connectivity index (χ0) is 22.6. The van der Waals surface area contributed by atoms with E-state index in [1.165, 1.54) is 30.0 Å². The molecule has 0 aromatic heterocycles. The molecule has 2 atom stereocenters. The molecule has 176 valence electrons. The van der Waals surface area contributed by atoms with Gasteiger partial charge < -0.3 is 20.7 Å². The van der Waals surface area contributed by atoms with Crippen LogP contribution in [0.15, 0.2) is 47.0 Å². The molecule has 2 heterocycles. The number of carbonyl (C=O) groups excluding carboxylic acids is 2. The van der Waals surface area contributed by atoms with Crippen molar-refractivity contribution in [2.24, 2.45) is 5.73 Å². The number of nitrogens with one attached hydrogen (secondary N) is 1. The second-order valence-electron chi connectivity index (χ2n) is 7.33. The van der Waals surface area contributed by atoms with Crippen LogP contribution in [0.1, 0.15) is 25.3 Å². The predicted molar refractivity (Wildman–Crippen MR) is 119 cm³/mol. The number of Topliss-reactive ketones (excluding diaryl/α,β-unsaturated/α-hetero) is 1. The monoisotopic (exact) mass is 491 g/mol. The molecule has 32 heavy (non-hydrogen) atoms. The molecular weight excluding hydrogens is 467 g/mol. The van der Waals surface area contributed by atoms with Crippen LogP contribution in [-0.4, -0.2) is 47.3 Å². The second-order valence-corrected chi connectivity index (χ2v) is 8.42. The first-order valence-corrected chi connectivity index (χ1v) is 10.9. The van der Waals surface area contributed by atoms with Crippen LogP contribution in [0.5, 0.6) is 5.75 Å². The molecule has 6 nitrogen and oxygen atoms in total. The number of hydrogen-bond donors (Lipinski definition) is 2. The van der Waals surface area contributed by atoms with Gasteiger partial charge in [-0.25, -0.2) is 0 Å². The average molecular weight is 492 g/mol. The summed E-state index contributed by atoms with van der Waals surface area (Å²) in [5.74, 6) is -0.384. The van der Waals surface area contributed by atoms with Crippen LogP contribution < -0.4 is 15.8 Å². The van der Waals surface area contributed by atoms with Crippen LogP contribution in [0.3, 0.4) is 0 Å². The number of thioether (sulfide) groups is 1. The highest BCUT2D eigenvalue weighted by Crippen LogP contribution is 2.36. The number of ketones is 1. The number of benzene rings is 1. The number of rotatable bonds is 7. The van der Waals surface area contributed by atoms with Crippen LogP contribution in [-0.2, 0) is 16.1 Å². The smallest absolute Gasteiger partial charge is 0.406 e. The first-order valence-electron chi connectivity index (χ1n) is 9.92. The first-order chi connectivity index (χ1) is 14.7. The van der Waals surface area contributed by atoms with E-state index in [9.17, 15) is 22.8 Å². The Kier molecular flexibility index (Phi) is 9.06. The van der Waals surface area contributed by atoms with Crippen LogP contribution >= 0.6 is 24.2 Å². The quantitative estimate of drug-likeness (QED) is 0.568. The zero-order valence-corrected chi connectivity index (χ0v) is 19.0. The Morgan fingerprint density at radius 2 is 2.12 bits per heavy atom. The summed E-state index contributed by atoms with van der Waals surface area (Å²) in [5, 5.41) is 2.85. The molecule has 1 unspecified atom stereocenters. The van der Waals surface area contributed by atoms with E-state index in [0.717, 1.165) is 12.8 Å². The third-order valence-electron chi connectivity index (χ3n) is 4.84. The molecular formula is C21H25ClF3N3O3S. The van der Waals surface area contributed by atoms with Gasteiger partial charge in [0.05, 0.1) is 11.6 Å². The van der Waals surface area contributed by atoms with Gasteiger partial charge in [0, 0.05) is 29.9 Å². The lowest BCUT2D eigenvalue weighted by atomic mass is 9.98. The van der Waals surface area contributed by atoms with Gasteiger partial charge in [-0.2, -0.15) is 0 Å². The van der Waals surface area contributed by atoms with Crippen molar-refractivity contribution in [3.05, 3.63) is 52.6 Å². The van der Waals surface area contributed by atoms with Gasteiger partial charge in [0.1, 0.15) is 11.8 Å². The van der Waals surface area contributed by atoms with Crippen molar-refractivity contribution in [3.8, 4) is 5.75 Å². The van der Waals surface area contributed by atoms with Gasteiger partial charge in [-0.05, 0) is 30.2 Å². The molecule has 1 amide bonds. The maximum absolute atomic E-state index is 12.8. The Hall–Kier alpha value is -2.17. The topological polar surface area (TPSA) is 84.7 Å². The molecule has 0 saturated carbocycles. The molecule has 0 spiro atoms. The normalized spacial score (nSPS) is 20.5. The standard InChI is InChI=1S/C21H24F3N3O3S.ClH/c1-2-3-7-26-20(29)14-9-17-18(19(28)16(25)12-31-17)27(11-14)10-13-5-4-6-15(8-13)30-21(22,23)24;/h4-6,8-9,11,16,18H,2-3,7,10,12,25H2,1H3,(H,26,29);1H/t16-,18?;/m0./s1. The number of nitrogens with two attached hydrogens (primary N) is 1. The Morgan fingerprint density at radius 3 is 2.81 bits per heavy atom. The lowest BCUT2D eigenvalue weighted by molar-refractivity contribution is -0.274. The fourth-order valence-electron chi connectivity index (χ4n) is 3.37. The minimum atomic E-state index is -4.80. The fraction of sp³-hybridized carbons (Fsp3) is 0.429. The lowest BCUT2D eigenvalue weighted by Crippen LogP contribution is -2.52. The first kappa shape index (κ1) is 26.1. The molecule has 2 aliphatic heterocycles. The molecule has 3 N–H and O–H groups in total. The molecule has 11 heteroatoms. The van der Waals surface area contributed by atoms with Gasteiger partial charge in [-0.1, -0.05) is 25.5 Å². The summed E-state index contributed by atoms with van der Waals surface area (Å²) in [5.41, 5.74) is 6.83. The summed E-state index contributed by atoms with van der Waals surface area (Å²) >= 11 is 1.41. The van der Waals surface area contributed by atoms with Crippen molar-refractivity contribution >= 4 is 35.9 Å². The van der Waals surface area contributed by atoms with Crippen LogP contribution in [0.4, 0.5) is 13.2 Å². The van der Waals surface area contributed by atoms with Crippen LogP contribution in [0.2, 0.25) is 0 Å². The molecule has 1 fully saturated rings. The number of carbonyl (C=O) groups is 2. The molecule has 0 bridgehead atoms. The number of halogens is 4. The summed E-state index contributed by atoms with van der Waals surface area (Å²) < 4.78 is 41.7. The summed E-state index contributed by atoms with van der Waals surface area (Å²) in [6.45, 7) is 2.67. The van der Waals surface area contributed by atoms with E-state index < -0.39 is 18.4 Å². The van der Waals surface area contributed by atoms with E-state index in [1.54, 1.807) is 23.2 Å². The van der Waals surface area contributed by atoms with Gasteiger partial charge >= 0.3 is 6.36 Å². The van der Waals surface area contributed by atoms with Gasteiger partial charge in [0.2, 0.25) is 0 Å². The number of amides is 1. The SMILES string of the molecule is CCCCNC(=O)C1=CN(Cc2cccc(OC(F)(F)F)c2)C2C(=O)[C@@H](N)CSC2=C1.Cl. The fourth-order valence-corrected chi connectivity index (χ4v) is 4.53. The minimum Gasteiger partial charge on any atom is -0.406 e. The maximum Gasteiger partial charge on any atom is 0.573 e. The second kappa shape index (κ2) is 11.1. The predicted octanol–water partition coefficient (Wildman–Crippen LogP) is 3.52. The van der Waals surface area contributed by atoms with Crippen molar-refractivity contribution in [2.45, 2.75) is 44.8 Å². The number of fused-ring (bicyclic) bond motifs is 1. The van der Waals surface area contributed by atoms with Crippen molar-refractivity contribution in [1.29, 1.82) is 0 Å². The lowest BCUT2D eigenvalue weighted by Gasteiger charge is -2.39. The van der Waals surface area contributed by atoms with Gasteiger partial charge in [-0.15, -0.1) is 37.3 Å². The maximum atomic E-state index is 12.8. The highest BCUT2D eigenvalue weighted by Gasteiger charge is 2.39.